The van der Waals surface area contributed by atoms with Crippen LogP contribution in [0.1, 0.15) is 18.4 Å². The Balaban J connectivity index is 1.70. The first-order valence-electron chi connectivity index (χ1n) is 7.11. The molecule has 0 unspecified atom stereocenters. The van der Waals surface area contributed by atoms with Crippen LogP contribution < -0.4 is 15.8 Å². The molecule has 0 radical (unpaired) electrons. The van der Waals surface area contributed by atoms with Crippen molar-refractivity contribution in [2.75, 3.05) is 5.73 Å². The third-order valence-corrected chi connectivity index (χ3v) is 3.83. The Kier molecular flexibility index (Phi) is 3.62. The minimum Gasteiger partial charge on any atom is -0.473 e. The van der Waals surface area contributed by atoms with Crippen molar-refractivity contribution in [3.63, 3.8) is 0 Å². The van der Waals surface area contributed by atoms with Crippen LogP contribution in [0.25, 0.3) is 5.69 Å². The number of hydrogen-bond acceptors (Lipinski definition) is 4. The summed E-state index contributed by atoms with van der Waals surface area (Å²) < 4.78 is 7.48. The van der Waals surface area contributed by atoms with Gasteiger partial charge in [0.2, 0.25) is 5.88 Å². The molecule has 1 amide bonds. The molecule has 1 aromatic carbocycles. The van der Waals surface area contributed by atoms with Gasteiger partial charge in [0.1, 0.15) is 11.9 Å². The summed E-state index contributed by atoms with van der Waals surface area (Å²) in [6.45, 7) is 1.86. The predicted molar refractivity (Wildman–Crippen MR) is 81.3 cm³/mol. The molecule has 0 atom stereocenters. The molecule has 1 aliphatic rings. The molecular weight excluding hydrogens is 284 g/mol. The van der Waals surface area contributed by atoms with Gasteiger partial charge in [0, 0.05) is 18.9 Å². The zero-order valence-electron chi connectivity index (χ0n) is 12.2. The van der Waals surface area contributed by atoms with Crippen molar-refractivity contribution >= 4 is 11.9 Å². The maximum absolute atomic E-state index is 10.5. The number of rotatable bonds is 4. The van der Waals surface area contributed by atoms with E-state index in [-0.39, 0.29) is 12.1 Å². The standard InChI is InChI=1S/C15H18N4O3/c1-9-13(16)19(11-5-3-2-4-6-11)18-14(9)22-12-7-10(8-12)17-15(20)21/h2-6,10,12,17H,7-8,16H2,1H3,(H,20,21)/t10-,12-. The smallest absolute Gasteiger partial charge is 0.404 e. The summed E-state index contributed by atoms with van der Waals surface area (Å²) >= 11 is 0. The van der Waals surface area contributed by atoms with Gasteiger partial charge in [-0.25, -0.2) is 9.48 Å². The predicted octanol–water partition coefficient (Wildman–Crippen LogP) is 1.94. The molecule has 4 N–H and O–H groups in total. The fraction of sp³-hybridized carbons (Fsp3) is 0.333. The second-order valence-electron chi connectivity index (χ2n) is 5.42. The highest BCUT2D eigenvalue weighted by atomic mass is 16.5. The van der Waals surface area contributed by atoms with Crippen LogP contribution in [0.5, 0.6) is 5.88 Å². The Bertz CT molecular complexity index is 678. The van der Waals surface area contributed by atoms with Gasteiger partial charge in [0.15, 0.2) is 0 Å². The van der Waals surface area contributed by atoms with Crippen molar-refractivity contribution in [2.45, 2.75) is 31.9 Å². The third kappa shape index (κ3) is 2.69. The summed E-state index contributed by atoms with van der Waals surface area (Å²) in [5, 5.41) is 15.5. The molecule has 0 spiro atoms. The molecule has 116 valence electrons. The van der Waals surface area contributed by atoms with Crippen LogP contribution >= 0.6 is 0 Å². The van der Waals surface area contributed by atoms with Gasteiger partial charge >= 0.3 is 6.09 Å². The topological polar surface area (TPSA) is 102 Å². The first-order chi connectivity index (χ1) is 10.5. The van der Waals surface area contributed by atoms with E-state index in [1.54, 1.807) is 4.68 Å². The van der Waals surface area contributed by atoms with Crippen molar-refractivity contribution in [3.8, 4) is 11.6 Å². The highest BCUT2D eigenvalue weighted by Gasteiger charge is 2.33. The number of aromatic nitrogens is 2. The van der Waals surface area contributed by atoms with E-state index in [2.05, 4.69) is 10.4 Å². The first-order valence-corrected chi connectivity index (χ1v) is 7.11. The molecule has 1 aliphatic carbocycles. The Morgan fingerprint density at radius 3 is 2.73 bits per heavy atom. The van der Waals surface area contributed by atoms with Crippen molar-refractivity contribution in [2.24, 2.45) is 0 Å². The van der Waals surface area contributed by atoms with E-state index in [0.29, 0.717) is 24.5 Å². The van der Waals surface area contributed by atoms with E-state index in [1.807, 2.05) is 37.3 Å². The van der Waals surface area contributed by atoms with E-state index in [4.69, 9.17) is 15.6 Å². The van der Waals surface area contributed by atoms with E-state index in [1.165, 1.54) is 0 Å². The average molecular weight is 302 g/mol. The lowest BCUT2D eigenvalue weighted by atomic mass is 9.89. The minimum atomic E-state index is -1.00. The lowest BCUT2D eigenvalue weighted by Crippen LogP contribution is -2.48. The fourth-order valence-electron chi connectivity index (χ4n) is 2.48. The van der Waals surface area contributed by atoms with Gasteiger partial charge in [0.05, 0.1) is 11.3 Å². The monoisotopic (exact) mass is 302 g/mol. The first kappa shape index (κ1) is 14.2. The van der Waals surface area contributed by atoms with E-state index >= 15 is 0 Å². The fourth-order valence-corrected chi connectivity index (χ4v) is 2.48. The van der Waals surface area contributed by atoms with Crippen molar-refractivity contribution < 1.29 is 14.6 Å². The summed E-state index contributed by atoms with van der Waals surface area (Å²) in [6, 6.07) is 9.56. The van der Waals surface area contributed by atoms with Crippen molar-refractivity contribution in [3.05, 3.63) is 35.9 Å². The third-order valence-electron chi connectivity index (χ3n) is 3.83. The van der Waals surface area contributed by atoms with Crippen LogP contribution in [-0.4, -0.2) is 33.1 Å². The molecule has 7 nitrogen and oxygen atoms in total. The molecule has 3 rings (SSSR count). The van der Waals surface area contributed by atoms with Crippen LogP contribution in [0.3, 0.4) is 0 Å². The van der Waals surface area contributed by atoms with Gasteiger partial charge in [-0.15, -0.1) is 5.10 Å². The second kappa shape index (κ2) is 5.59. The Labute approximate surface area is 127 Å². The highest BCUT2D eigenvalue weighted by molar-refractivity contribution is 5.65. The molecule has 22 heavy (non-hydrogen) atoms. The van der Waals surface area contributed by atoms with Gasteiger partial charge in [-0.05, 0) is 19.1 Å². The van der Waals surface area contributed by atoms with Crippen LogP contribution in [0.4, 0.5) is 10.6 Å². The molecule has 2 aromatic rings. The van der Waals surface area contributed by atoms with Gasteiger partial charge in [0.25, 0.3) is 0 Å². The minimum absolute atomic E-state index is 0.0333. The number of nitrogens with one attached hydrogen (secondary N) is 1. The molecular formula is C15H18N4O3. The Hall–Kier alpha value is -2.70. The zero-order chi connectivity index (χ0) is 15.7. The number of benzene rings is 1. The maximum Gasteiger partial charge on any atom is 0.404 e. The molecule has 0 saturated heterocycles. The Morgan fingerprint density at radius 1 is 1.41 bits per heavy atom. The SMILES string of the molecule is Cc1c(O[C@H]2C[C@H](NC(=O)O)C2)nn(-c2ccccc2)c1N. The molecule has 7 heteroatoms. The highest BCUT2D eigenvalue weighted by Crippen LogP contribution is 2.30. The number of carbonyl (C=O) groups is 1. The van der Waals surface area contributed by atoms with Gasteiger partial charge < -0.3 is 20.9 Å². The number of nitrogen functional groups attached to an aromatic ring is 1. The lowest BCUT2D eigenvalue weighted by molar-refractivity contribution is 0.0783. The Morgan fingerprint density at radius 2 is 2.09 bits per heavy atom. The summed E-state index contributed by atoms with van der Waals surface area (Å²) in [6.07, 6.45) is 0.250. The van der Waals surface area contributed by atoms with Crippen molar-refractivity contribution in [1.82, 2.24) is 15.1 Å². The van der Waals surface area contributed by atoms with Crippen LogP contribution in [-0.2, 0) is 0 Å². The quantitative estimate of drug-likeness (QED) is 0.801. The zero-order valence-corrected chi connectivity index (χ0v) is 12.2. The number of amides is 1. The maximum atomic E-state index is 10.5. The molecule has 1 saturated carbocycles. The second-order valence-corrected chi connectivity index (χ2v) is 5.42. The number of nitrogens with zero attached hydrogens (tertiary/aromatic N) is 2. The molecule has 1 fully saturated rings. The number of nitrogens with two attached hydrogens (primary N) is 1. The number of carboxylic acid groups (broad SMARTS) is 1. The van der Waals surface area contributed by atoms with Gasteiger partial charge in [-0.2, -0.15) is 0 Å². The van der Waals surface area contributed by atoms with E-state index in [0.717, 1.165) is 11.3 Å². The van der Waals surface area contributed by atoms with Crippen LogP contribution in [0, 0.1) is 6.92 Å². The van der Waals surface area contributed by atoms with E-state index in [9.17, 15) is 4.79 Å². The average Bonchev–Trinajstić information content (AvgIpc) is 2.74. The lowest BCUT2D eigenvalue weighted by Gasteiger charge is -2.34. The summed E-state index contributed by atoms with van der Waals surface area (Å²) in [5.74, 6) is 1.04. The summed E-state index contributed by atoms with van der Waals surface area (Å²) in [4.78, 5) is 10.5. The molecule has 0 aliphatic heterocycles. The summed E-state index contributed by atoms with van der Waals surface area (Å²) in [5.41, 5.74) is 7.76. The normalized spacial score (nSPS) is 20.2. The number of para-hydroxylation sites is 1. The van der Waals surface area contributed by atoms with Crippen LogP contribution in [0.2, 0.25) is 0 Å². The van der Waals surface area contributed by atoms with Gasteiger partial charge in [-0.1, -0.05) is 18.2 Å². The molecule has 1 heterocycles. The number of hydrogen-bond donors (Lipinski definition) is 3. The van der Waals surface area contributed by atoms with E-state index < -0.39 is 6.09 Å². The number of ether oxygens (including phenoxy) is 1. The summed E-state index contributed by atoms with van der Waals surface area (Å²) in [7, 11) is 0. The number of anilines is 1. The molecule has 1 aromatic heterocycles. The van der Waals surface area contributed by atoms with Gasteiger partial charge in [-0.3, -0.25) is 0 Å². The molecule has 0 bridgehead atoms. The van der Waals surface area contributed by atoms with Crippen LogP contribution in [0.15, 0.2) is 30.3 Å². The largest absolute Gasteiger partial charge is 0.473 e. The van der Waals surface area contributed by atoms with Crippen molar-refractivity contribution in [1.29, 1.82) is 0 Å².